The normalized spacial score (nSPS) is 15.7. The highest BCUT2D eigenvalue weighted by Gasteiger charge is 2.27. The fourth-order valence-electron chi connectivity index (χ4n) is 2.24. The Morgan fingerprint density at radius 2 is 2.00 bits per heavy atom. The molecule has 0 spiro atoms. The molecule has 1 aromatic rings. The summed E-state index contributed by atoms with van der Waals surface area (Å²) in [5.41, 5.74) is 7.77. The van der Waals surface area contributed by atoms with Gasteiger partial charge < -0.3 is 5.73 Å². The van der Waals surface area contributed by atoms with Crippen molar-refractivity contribution < 1.29 is 4.39 Å². The smallest absolute Gasteiger partial charge is 0.144 e. The lowest BCUT2D eigenvalue weighted by atomic mass is 10.0. The van der Waals surface area contributed by atoms with Crippen LogP contribution in [0.3, 0.4) is 0 Å². The van der Waals surface area contributed by atoms with E-state index in [0.29, 0.717) is 11.6 Å². The van der Waals surface area contributed by atoms with Gasteiger partial charge in [0.25, 0.3) is 0 Å². The van der Waals surface area contributed by atoms with E-state index in [-0.39, 0.29) is 10.8 Å². The van der Waals surface area contributed by atoms with Crippen molar-refractivity contribution in [2.75, 3.05) is 0 Å². The van der Waals surface area contributed by atoms with Crippen molar-refractivity contribution in [3.8, 4) is 0 Å². The fourth-order valence-corrected chi connectivity index (χ4v) is 2.53. The van der Waals surface area contributed by atoms with E-state index in [1.807, 2.05) is 19.9 Å². The summed E-state index contributed by atoms with van der Waals surface area (Å²) in [6.07, 6.45) is 5.63. The van der Waals surface area contributed by atoms with Gasteiger partial charge in [-0.05, 0) is 62.1 Å². The van der Waals surface area contributed by atoms with E-state index in [1.165, 1.54) is 12.8 Å². The van der Waals surface area contributed by atoms with Gasteiger partial charge in [-0.15, -0.1) is 0 Å². The highest BCUT2D eigenvalue weighted by Crippen LogP contribution is 2.33. The lowest BCUT2D eigenvalue weighted by Crippen LogP contribution is -2.22. The van der Waals surface area contributed by atoms with Gasteiger partial charge in [0.15, 0.2) is 0 Å². The number of benzene rings is 1. The third-order valence-corrected chi connectivity index (χ3v) is 3.78. The highest BCUT2D eigenvalue weighted by atomic mass is 35.5. The number of nitrogens with two attached hydrogens (primary N) is 1. The van der Waals surface area contributed by atoms with E-state index in [1.54, 1.807) is 13.0 Å². The number of rotatable bonds is 5. The second kappa shape index (κ2) is 7.86. The highest BCUT2D eigenvalue weighted by molar-refractivity contribution is 6.30. The molecule has 0 heterocycles. The van der Waals surface area contributed by atoms with Crippen LogP contribution in [0, 0.1) is 18.7 Å². The van der Waals surface area contributed by atoms with Crippen molar-refractivity contribution in [3.05, 3.63) is 34.1 Å². The van der Waals surface area contributed by atoms with Gasteiger partial charge in [0.05, 0.1) is 5.02 Å². The lowest BCUT2D eigenvalue weighted by Gasteiger charge is -2.10. The molecule has 1 aromatic carbocycles. The maximum absolute atomic E-state index is 13.3. The fraction of sp³-hybridized carbons (Fsp3) is 0.625. The van der Waals surface area contributed by atoms with Crippen LogP contribution in [0.15, 0.2) is 12.1 Å². The average molecular weight is 286 g/mol. The van der Waals surface area contributed by atoms with E-state index in [9.17, 15) is 4.39 Å². The van der Waals surface area contributed by atoms with Gasteiger partial charge in [-0.2, -0.15) is 0 Å². The Kier molecular flexibility index (Phi) is 6.81. The van der Waals surface area contributed by atoms with E-state index in [2.05, 4.69) is 0 Å². The summed E-state index contributed by atoms with van der Waals surface area (Å²) in [6, 6.07) is 3.96. The first kappa shape index (κ1) is 16.5. The van der Waals surface area contributed by atoms with Crippen LogP contribution in [-0.4, -0.2) is 6.04 Å². The first-order valence-corrected chi connectivity index (χ1v) is 7.66. The van der Waals surface area contributed by atoms with Crippen molar-refractivity contribution >= 4 is 11.6 Å². The van der Waals surface area contributed by atoms with Gasteiger partial charge in [-0.3, -0.25) is 0 Å². The average Bonchev–Trinajstić information content (AvgIpc) is 3.22. The van der Waals surface area contributed by atoms with Crippen LogP contribution in [-0.2, 0) is 6.42 Å². The molecule has 108 valence electrons. The molecule has 1 aliphatic carbocycles. The Balaban J connectivity index is 0.000000861. The van der Waals surface area contributed by atoms with Crippen molar-refractivity contribution in [1.82, 2.24) is 0 Å². The molecule has 1 saturated carbocycles. The topological polar surface area (TPSA) is 26.0 Å². The zero-order chi connectivity index (χ0) is 14.4. The molecule has 3 heteroatoms. The Morgan fingerprint density at radius 1 is 1.37 bits per heavy atom. The zero-order valence-corrected chi connectivity index (χ0v) is 12.9. The first-order valence-electron chi connectivity index (χ1n) is 7.28. The van der Waals surface area contributed by atoms with Crippen LogP contribution in [0.1, 0.15) is 50.7 Å². The number of hydrogen-bond acceptors (Lipinski definition) is 1. The molecule has 0 amide bonds. The summed E-state index contributed by atoms with van der Waals surface area (Å²) in [5, 5.41) is 0.228. The van der Waals surface area contributed by atoms with E-state index in [4.69, 9.17) is 17.3 Å². The largest absolute Gasteiger partial charge is 0.327 e. The second-order valence-electron chi connectivity index (χ2n) is 5.10. The van der Waals surface area contributed by atoms with Crippen LogP contribution >= 0.6 is 11.6 Å². The summed E-state index contributed by atoms with van der Waals surface area (Å²) in [6.45, 7) is 5.75. The monoisotopic (exact) mass is 285 g/mol. The van der Waals surface area contributed by atoms with Crippen molar-refractivity contribution in [2.24, 2.45) is 11.7 Å². The van der Waals surface area contributed by atoms with Crippen molar-refractivity contribution in [3.63, 3.8) is 0 Å². The van der Waals surface area contributed by atoms with Crippen LogP contribution < -0.4 is 5.73 Å². The molecule has 0 bridgehead atoms. The molecule has 0 saturated heterocycles. The van der Waals surface area contributed by atoms with Crippen molar-refractivity contribution in [2.45, 2.75) is 58.9 Å². The molecule has 19 heavy (non-hydrogen) atoms. The summed E-state index contributed by atoms with van der Waals surface area (Å²) in [4.78, 5) is 0. The molecule has 1 nitrogen and oxygen atoms in total. The van der Waals surface area contributed by atoms with E-state index in [0.717, 1.165) is 30.7 Å². The van der Waals surface area contributed by atoms with Crippen LogP contribution in [0.4, 0.5) is 4.39 Å². The Hall–Kier alpha value is -0.600. The van der Waals surface area contributed by atoms with Gasteiger partial charge >= 0.3 is 0 Å². The van der Waals surface area contributed by atoms with Gasteiger partial charge in [0.1, 0.15) is 5.82 Å². The molecule has 1 aliphatic rings. The summed E-state index contributed by atoms with van der Waals surface area (Å²) in [5.74, 6) is 0.457. The maximum atomic E-state index is 13.3. The lowest BCUT2D eigenvalue weighted by molar-refractivity contribution is 0.528. The van der Waals surface area contributed by atoms with Gasteiger partial charge in [0, 0.05) is 6.04 Å². The molecule has 1 unspecified atom stereocenters. The number of halogens is 2. The minimum absolute atomic E-state index is 0.228. The molecule has 2 rings (SSSR count). The summed E-state index contributed by atoms with van der Waals surface area (Å²) in [7, 11) is 0. The minimum atomic E-state index is -0.301. The Morgan fingerprint density at radius 3 is 2.53 bits per heavy atom. The predicted molar refractivity (Wildman–Crippen MR) is 81.1 cm³/mol. The number of aryl methyl sites for hydroxylation is 2. The van der Waals surface area contributed by atoms with Gasteiger partial charge in [-0.25, -0.2) is 4.39 Å². The Bertz CT molecular complexity index is 379. The zero-order valence-electron chi connectivity index (χ0n) is 12.2. The predicted octanol–water partition coefficient (Wildman–Crippen LogP) is 4.87. The third-order valence-electron chi connectivity index (χ3n) is 3.50. The molecule has 2 N–H and O–H groups in total. The van der Waals surface area contributed by atoms with Crippen molar-refractivity contribution in [1.29, 1.82) is 0 Å². The van der Waals surface area contributed by atoms with Crippen LogP contribution in [0.2, 0.25) is 5.02 Å². The summed E-state index contributed by atoms with van der Waals surface area (Å²) < 4.78 is 13.3. The SMILES string of the molecule is CC.Cc1cc(CCCC(N)C2CC2)cc(Cl)c1F. The maximum Gasteiger partial charge on any atom is 0.144 e. The molecular formula is C16H25ClFN. The quantitative estimate of drug-likeness (QED) is 0.820. The molecule has 1 atom stereocenters. The number of hydrogen-bond donors (Lipinski definition) is 1. The second-order valence-corrected chi connectivity index (χ2v) is 5.51. The molecule has 1 fully saturated rings. The first-order chi connectivity index (χ1) is 9.08. The van der Waals surface area contributed by atoms with Crippen LogP contribution in [0.25, 0.3) is 0 Å². The van der Waals surface area contributed by atoms with Crippen LogP contribution in [0.5, 0.6) is 0 Å². The van der Waals surface area contributed by atoms with E-state index >= 15 is 0 Å². The molecule has 0 aromatic heterocycles. The molecule has 0 aliphatic heterocycles. The Labute approximate surface area is 121 Å². The van der Waals surface area contributed by atoms with E-state index < -0.39 is 0 Å². The summed E-state index contributed by atoms with van der Waals surface area (Å²) >= 11 is 5.82. The van der Waals surface area contributed by atoms with Gasteiger partial charge in [-0.1, -0.05) is 31.5 Å². The molecular weight excluding hydrogens is 261 g/mol. The molecule has 0 radical (unpaired) electrons. The standard InChI is InChI=1S/C14H19ClFN.C2H6/c1-9-7-10(8-12(15)14(9)16)3-2-4-13(17)11-5-6-11;1-2/h7-8,11,13H,2-6,17H2,1H3;1-2H3. The minimum Gasteiger partial charge on any atom is -0.327 e. The van der Waals surface area contributed by atoms with Gasteiger partial charge in [0.2, 0.25) is 0 Å². The third kappa shape index (κ3) is 5.12.